The van der Waals surface area contributed by atoms with E-state index in [2.05, 4.69) is 38.5 Å². The first-order chi connectivity index (χ1) is 20.3. The van der Waals surface area contributed by atoms with Gasteiger partial charge in [-0.2, -0.15) is 5.26 Å². The van der Waals surface area contributed by atoms with Crippen LogP contribution in [0.1, 0.15) is 18.1 Å². The maximum absolute atomic E-state index is 12.4. The van der Waals surface area contributed by atoms with E-state index in [4.69, 9.17) is 9.47 Å². The van der Waals surface area contributed by atoms with Crippen LogP contribution in [-0.4, -0.2) is 52.4 Å². The minimum absolute atomic E-state index is 0.348. The Morgan fingerprint density at radius 2 is 1.95 bits per heavy atom. The van der Waals surface area contributed by atoms with Gasteiger partial charge < -0.3 is 29.4 Å². The number of hydrogen-bond acceptors (Lipinski definition) is 8. The molecule has 3 heterocycles. The fraction of sp³-hybridized carbons (Fsp3) is 0.188. The Morgan fingerprint density at radius 3 is 2.71 bits per heavy atom. The second-order valence-electron chi connectivity index (χ2n) is 9.77. The van der Waals surface area contributed by atoms with Gasteiger partial charge in [-0.1, -0.05) is 5.92 Å². The number of imidazole rings is 1. The molecule has 5 rings (SSSR count). The van der Waals surface area contributed by atoms with E-state index >= 15 is 0 Å². The summed E-state index contributed by atoms with van der Waals surface area (Å²) in [5.74, 6) is 6.46. The van der Waals surface area contributed by atoms with Crippen molar-refractivity contribution in [3.8, 4) is 35.2 Å². The molecule has 1 amide bonds. The van der Waals surface area contributed by atoms with E-state index in [1.165, 1.54) is 6.20 Å². The number of carbonyl (C=O) groups excluding carboxylic acids is 1. The molecule has 5 aromatic rings. The third-order valence-electron chi connectivity index (χ3n) is 6.41. The Morgan fingerprint density at radius 1 is 1.10 bits per heavy atom. The highest BCUT2D eigenvalue weighted by molar-refractivity contribution is 6.07. The van der Waals surface area contributed by atoms with Crippen LogP contribution < -0.4 is 20.1 Å². The molecule has 0 atom stereocenters. The number of likely N-dealkylation sites (N-methyl/N-ethyl adjacent to an activating group) is 1. The number of aryl methyl sites for hydroxylation is 1. The lowest BCUT2D eigenvalue weighted by Gasteiger charge is -2.17. The summed E-state index contributed by atoms with van der Waals surface area (Å²) in [6.07, 6.45) is 7.02. The minimum Gasteiger partial charge on any atom is -0.490 e. The van der Waals surface area contributed by atoms with Gasteiger partial charge >= 0.3 is 0 Å². The van der Waals surface area contributed by atoms with Gasteiger partial charge in [-0.25, -0.2) is 4.98 Å². The molecule has 0 fully saturated rings. The fourth-order valence-electron chi connectivity index (χ4n) is 4.33. The molecule has 0 aliphatic carbocycles. The molecule has 0 radical (unpaired) electrons. The van der Waals surface area contributed by atoms with E-state index < -0.39 is 5.91 Å². The Balaban J connectivity index is 1.48. The molecule has 0 saturated heterocycles. The van der Waals surface area contributed by atoms with Crippen LogP contribution in [0, 0.1) is 30.1 Å². The third-order valence-corrected chi connectivity index (χ3v) is 6.41. The lowest BCUT2D eigenvalue weighted by molar-refractivity contribution is -0.111. The zero-order valence-electron chi connectivity index (χ0n) is 23.7. The van der Waals surface area contributed by atoms with Gasteiger partial charge in [0.25, 0.3) is 5.91 Å². The summed E-state index contributed by atoms with van der Waals surface area (Å²) < 4.78 is 14.0. The van der Waals surface area contributed by atoms with Gasteiger partial charge in [-0.05, 0) is 69.8 Å². The molecular weight excluding hydrogens is 530 g/mol. The summed E-state index contributed by atoms with van der Waals surface area (Å²) in [5.41, 5.74) is 4.37. The van der Waals surface area contributed by atoms with E-state index in [0.717, 1.165) is 16.9 Å². The summed E-state index contributed by atoms with van der Waals surface area (Å²) in [6, 6.07) is 15.2. The SMILES string of the molecule is CC#CC(=O)Nc1cc2c(Nc3ccc(Oc4ccn5ccnc5c4)c(C)c3)c(C#N)cnc2cc1OCCN(C)C. The fourth-order valence-corrected chi connectivity index (χ4v) is 4.33. The summed E-state index contributed by atoms with van der Waals surface area (Å²) in [6.45, 7) is 4.64. The standard InChI is InChI=1S/C32H29N7O3/c1-5-6-31(40)37-27-17-25-26(18-29(27)41-14-13-38(3)4)35-20-22(19-33)32(25)36-23-7-8-28(21(2)15-23)42-24-9-11-39-12-10-34-30(39)16-24/h7-12,15-18,20H,13-14H2,1-4H3,(H,35,36)(H,37,40). The van der Waals surface area contributed by atoms with E-state index in [1.54, 1.807) is 25.3 Å². The highest BCUT2D eigenvalue weighted by Crippen LogP contribution is 2.37. The first kappa shape index (κ1) is 28.0. The van der Waals surface area contributed by atoms with Crippen LogP contribution >= 0.6 is 0 Å². The number of ether oxygens (including phenoxy) is 2. The normalized spacial score (nSPS) is 10.7. The molecule has 2 N–H and O–H groups in total. The highest BCUT2D eigenvalue weighted by Gasteiger charge is 2.16. The van der Waals surface area contributed by atoms with Crippen LogP contribution in [0.2, 0.25) is 0 Å². The number of fused-ring (bicyclic) bond motifs is 2. The molecule has 210 valence electrons. The van der Waals surface area contributed by atoms with Crippen LogP contribution in [0.25, 0.3) is 16.6 Å². The average Bonchev–Trinajstić information content (AvgIpc) is 3.43. The number of rotatable bonds is 9. The summed E-state index contributed by atoms with van der Waals surface area (Å²) in [4.78, 5) is 23.2. The monoisotopic (exact) mass is 559 g/mol. The second-order valence-corrected chi connectivity index (χ2v) is 9.77. The molecule has 3 aromatic heterocycles. The number of nitriles is 1. The van der Waals surface area contributed by atoms with Crippen molar-refractivity contribution in [3.05, 3.63) is 78.4 Å². The number of hydrogen-bond donors (Lipinski definition) is 2. The highest BCUT2D eigenvalue weighted by atomic mass is 16.5. The topological polar surface area (TPSA) is 117 Å². The van der Waals surface area contributed by atoms with Gasteiger partial charge in [0.15, 0.2) is 0 Å². The maximum atomic E-state index is 12.4. The first-order valence-electron chi connectivity index (χ1n) is 13.2. The molecule has 0 unspecified atom stereocenters. The van der Waals surface area contributed by atoms with Gasteiger partial charge in [0, 0.05) is 54.5 Å². The van der Waals surface area contributed by atoms with Crippen LogP contribution in [0.15, 0.2) is 67.3 Å². The summed E-state index contributed by atoms with van der Waals surface area (Å²) in [7, 11) is 3.90. The quantitative estimate of drug-likeness (QED) is 0.227. The molecule has 10 heteroatoms. The molecule has 2 aromatic carbocycles. The van der Waals surface area contributed by atoms with Crippen molar-refractivity contribution in [3.63, 3.8) is 0 Å². The number of anilines is 3. The zero-order chi connectivity index (χ0) is 29.6. The third kappa shape index (κ3) is 6.25. The van der Waals surface area contributed by atoms with Crippen molar-refractivity contribution in [1.29, 1.82) is 5.26 Å². The number of amides is 1. The van der Waals surface area contributed by atoms with Crippen molar-refractivity contribution in [1.82, 2.24) is 19.3 Å². The van der Waals surface area contributed by atoms with Crippen molar-refractivity contribution in [2.75, 3.05) is 37.9 Å². The lowest BCUT2D eigenvalue weighted by Crippen LogP contribution is -2.20. The molecule has 0 saturated carbocycles. The molecular formula is C32H29N7O3. The number of nitrogens with zero attached hydrogens (tertiary/aromatic N) is 5. The van der Waals surface area contributed by atoms with Crippen molar-refractivity contribution >= 4 is 39.5 Å². The number of benzene rings is 2. The maximum Gasteiger partial charge on any atom is 0.300 e. The molecule has 10 nitrogen and oxygen atoms in total. The second kappa shape index (κ2) is 12.3. The first-order valence-corrected chi connectivity index (χ1v) is 13.2. The van der Waals surface area contributed by atoms with E-state index in [0.29, 0.717) is 58.2 Å². The number of carbonyl (C=O) groups is 1. The van der Waals surface area contributed by atoms with Gasteiger partial charge in [0.2, 0.25) is 0 Å². The van der Waals surface area contributed by atoms with Crippen LogP contribution in [0.3, 0.4) is 0 Å². The Kier molecular flexibility index (Phi) is 8.19. The molecule has 42 heavy (non-hydrogen) atoms. The number of aromatic nitrogens is 3. The Labute approximate surface area is 243 Å². The minimum atomic E-state index is -0.466. The van der Waals surface area contributed by atoms with Gasteiger partial charge in [0.05, 0.1) is 22.5 Å². The largest absolute Gasteiger partial charge is 0.490 e. The van der Waals surface area contributed by atoms with Crippen LogP contribution in [-0.2, 0) is 4.79 Å². The van der Waals surface area contributed by atoms with Gasteiger partial charge in [-0.15, -0.1) is 0 Å². The lowest BCUT2D eigenvalue weighted by atomic mass is 10.1. The number of nitrogens with one attached hydrogen (secondary N) is 2. The molecule has 0 aliphatic heterocycles. The van der Waals surface area contributed by atoms with E-state index in [1.807, 2.05) is 73.0 Å². The molecule has 0 aliphatic rings. The zero-order valence-corrected chi connectivity index (χ0v) is 23.7. The van der Waals surface area contributed by atoms with Crippen LogP contribution in [0.5, 0.6) is 17.2 Å². The molecule has 0 bridgehead atoms. The number of pyridine rings is 2. The van der Waals surface area contributed by atoms with Crippen molar-refractivity contribution in [2.24, 2.45) is 0 Å². The average molecular weight is 560 g/mol. The predicted molar refractivity (Wildman–Crippen MR) is 162 cm³/mol. The smallest absolute Gasteiger partial charge is 0.300 e. The Hall–Kier alpha value is -5.58. The predicted octanol–water partition coefficient (Wildman–Crippen LogP) is 5.50. The van der Waals surface area contributed by atoms with Crippen LogP contribution in [0.4, 0.5) is 17.1 Å². The summed E-state index contributed by atoms with van der Waals surface area (Å²) in [5, 5.41) is 16.7. The van der Waals surface area contributed by atoms with Crippen molar-refractivity contribution in [2.45, 2.75) is 13.8 Å². The molecule has 0 spiro atoms. The van der Waals surface area contributed by atoms with Gasteiger partial charge in [-0.3, -0.25) is 9.78 Å². The van der Waals surface area contributed by atoms with Gasteiger partial charge in [0.1, 0.15) is 35.6 Å². The van der Waals surface area contributed by atoms with Crippen molar-refractivity contribution < 1.29 is 14.3 Å². The van der Waals surface area contributed by atoms with E-state index in [-0.39, 0.29) is 0 Å². The van der Waals surface area contributed by atoms with E-state index in [9.17, 15) is 10.1 Å². The summed E-state index contributed by atoms with van der Waals surface area (Å²) >= 11 is 0. The Bertz CT molecular complexity index is 1890.